The Morgan fingerprint density at radius 3 is 1.11 bits per heavy atom. The zero-order chi connectivity index (χ0) is 82.1. The van der Waals surface area contributed by atoms with Gasteiger partial charge in [-0.25, -0.2) is 26.3 Å². The lowest BCUT2D eigenvalue weighted by atomic mass is 9.89. The van der Waals surface area contributed by atoms with Crippen molar-refractivity contribution in [3.05, 3.63) is 205 Å². The molecule has 0 atom stereocenters. The molecule has 16 rings (SSSR count). The first kappa shape index (κ1) is 87.6. The minimum Gasteiger partial charge on any atom is -0.490 e. The summed E-state index contributed by atoms with van der Waals surface area (Å²) in [6, 6.07) is 48.9. The molecule has 10 nitrogen and oxygen atoms in total. The predicted molar refractivity (Wildman–Crippen MR) is 464 cm³/mol. The molecule has 5 saturated carbocycles. The van der Waals surface area contributed by atoms with Gasteiger partial charge in [-0.1, -0.05) is 155 Å². The highest BCUT2D eigenvalue weighted by molar-refractivity contribution is 9.11. The van der Waals surface area contributed by atoms with E-state index in [1.54, 1.807) is 60.7 Å². The van der Waals surface area contributed by atoms with Gasteiger partial charge in [0, 0.05) is 25.5 Å². The number of likely N-dealkylation sites (tertiary alicyclic amines) is 1. The topological polar surface area (TPSA) is 121 Å². The third-order valence-corrected chi connectivity index (χ3v) is 25.9. The quantitative estimate of drug-likeness (QED) is 0.0657. The number of alkyl halides is 6. The summed E-state index contributed by atoms with van der Waals surface area (Å²) in [5.74, 6) is 5.41. The van der Waals surface area contributed by atoms with Crippen molar-refractivity contribution in [3.8, 4) is 28.7 Å². The molecule has 10 aromatic rings. The van der Waals surface area contributed by atoms with Crippen LogP contribution in [0.2, 0.25) is 0 Å². The Morgan fingerprint density at radius 2 is 0.698 bits per heavy atom. The van der Waals surface area contributed by atoms with Crippen LogP contribution in [0.1, 0.15) is 238 Å². The number of hydrogen-bond acceptors (Lipinski definition) is 9. The molecule has 0 aromatic heterocycles. The number of carbonyl (C=O) groups excluding carboxylic acids is 2. The molecule has 19 heteroatoms. The second-order valence-electron chi connectivity index (χ2n) is 33.4. The maximum Gasteiger partial charge on any atom is 0.306 e. The highest BCUT2D eigenvalue weighted by Crippen LogP contribution is 2.44. The number of fused-ring (bicyclic) bond motifs is 5. The van der Waals surface area contributed by atoms with Crippen molar-refractivity contribution in [3.63, 3.8) is 0 Å². The first-order chi connectivity index (χ1) is 55.9. The van der Waals surface area contributed by atoms with Crippen LogP contribution in [0.25, 0.3) is 53.9 Å². The van der Waals surface area contributed by atoms with Crippen LogP contribution >= 0.6 is 47.8 Å². The van der Waals surface area contributed by atoms with Gasteiger partial charge >= 0.3 is 5.97 Å². The molecule has 6 fully saturated rings. The number of ether oxygens (including phenoxy) is 5. The maximum absolute atomic E-state index is 14.0. The summed E-state index contributed by atoms with van der Waals surface area (Å²) in [6.07, 6.45) is 17.5. The average Bonchev–Trinajstić information content (AvgIpc) is 0.804. The first-order valence-electron chi connectivity index (χ1n) is 41.7. The molecule has 1 N–H and O–H groups in total. The fourth-order valence-electron chi connectivity index (χ4n) is 17.2. The van der Waals surface area contributed by atoms with Gasteiger partial charge in [0.05, 0.1) is 58.7 Å². The molecule has 10 aromatic carbocycles. The van der Waals surface area contributed by atoms with Crippen molar-refractivity contribution in [2.24, 2.45) is 35.5 Å². The molecule has 5 aliphatic carbocycles. The van der Waals surface area contributed by atoms with Crippen LogP contribution in [-0.4, -0.2) is 72.2 Å². The summed E-state index contributed by atoms with van der Waals surface area (Å²) >= 11 is 10.3. The highest BCUT2D eigenvalue weighted by atomic mass is 79.9. The van der Waals surface area contributed by atoms with Crippen molar-refractivity contribution < 1.29 is 69.5 Å². The summed E-state index contributed by atoms with van der Waals surface area (Å²) in [5.41, 5.74) is 2.13. The van der Waals surface area contributed by atoms with Crippen molar-refractivity contribution in [2.75, 3.05) is 13.1 Å². The minimum absolute atomic E-state index is 0.00931. The van der Waals surface area contributed by atoms with Crippen LogP contribution in [-0.2, 0) is 11.3 Å². The second kappa shape index (κ2) is 41.8. The maximum atomic E-state index is 14.0. The predicted octanol–water partition coefficient (Wildman–Crippen LogP) is 29.0. The van der Waals surface area contributed by atoms with Gasteiger partial charge < -0.3 is 28.8 Å². The van der Waals surface area contributed by atoms with Gasteiger partial charge in [0.1, 0.15) is 35.0 Å². The summed E-state index contributed by atoms with van der Waals surface area (Å²) in [5, 5.41) is 17.4. The molecule has 0 amide bonds. The molecule has 6 aliphatic rings. The molecule has 116 heavy (non-hydrogen) atoms. The van der Waals surface area contributed by atoms with Crippen molar-refractivity contribution >= 4 is 120 Å². The smallest absolute Gasteiger partial charge is 0.306 e. The van der Waals surface area contributed by atoms with E-state index in [2.05, 4.69) is 124 Å². The molecule has 1 saturated heterocycles. The van der Waals surface area contributed by atoms with E-state index in [0.29, 0.717) is 87.4 Å². The molecule has 0 spiro atoms. The van der Waals surface area contributed by atoms with Gasteiger partial charge in [0.2, 0.25) is 0 Å². The molecule has 1 aliphatic heterocycles. The van der Waals surface area contributed by atoms with Crippen molar-refractivity contribution in [2.45, 2.75) is 232 Å². The monoisotopic (exact) mass is 1780 g/mol. The lowest BCUT2D eigenvalue weighted by Gasteiger charge is -2.30. The number of carboxylic acids is 1. The van der Waals surface area contributed by atoms with Crippen LogP contribution in [0.4, 0.5) is 26.3 Å². The number of benzene rings is 10. The molecule has 1 heterocycles. The third kappa shape index (κ3) is 23.8. The van der Waals surface area contributed by atoms with Crippen LogP contribution < -0.4 is 23.7 Å². The summed E-state index contributed by atoms with van der Waals surface area (Å²) in [4.78, 5) is 35.7. The first-order valence-corrected chi connectivity index (χ1v) is 44.1. The number of hydrogen-bond donors (Lipinski definition) is 1. The molecular weight excluding hydrogens is 1680 g/mol. The zero-order valence-corrected chi connectivity index (χ0v) is 71.7. The Balaban J connectivity index is 0.000000135. The average molecular weight is 1790 g/mol. The SMILES string of the molecule is CC1CCC(Oc2ccc3cc(Br)ccc3c2)CC1.CC1CCC(Oc2ccc3cc(Br)ccc3c2C(F)F)CC1.CC1CCC(Oc2ccc3cc(Br)ccc3c2C=O)CC1.CC1CCC(Oc2ccc3cc(C=O)ccc3c2C(F)F)CC1.CC1CCC(Oc2ccc3cc(CN4CCC(C(=O)O)CC4)ccc3c2C(F)F)CC1. The summed E-state index contributed by atoms with van der Waals surface area (Å²) in [6.45, 7) is 13.5. The summed E-state index contributed by atoms with van der Waals surface area (Å²) < 4.78 is 116. The van der Waals surface area contributed by atoms with E-state index in [1.165, 1.54) is 49.3 Å². The van der Waals surface area contributed by atoms with Gasteiger partial charge in [-0.05, 0) is 328 Å². The van der Waals surface area contributed by atoms with E-state index in [1.807, 2.05) is 60.7 Å². The van der Waals surface area contributed by atoms with Crippen LogP contribution in [0, 0.1) is 35.5 Å². The highest BCUT2D eigenvalue weighted by Gasteiger charge is 2.31. The Kier molecular flexibility index (Phi) is 31.6. The zero-order valence-electron chi connectivity index (χ0n) is 67.0. The third-order valence-electron chi connectivity index (χ3n) is 24.4. The normalized spacial score (nSPS) is 22.6. The standard InChI is InChI=1S/C25H31F2NO3.C19H20F2O2.C18H19BrF2O.C18H19BrO2.C17H19BrO/c1-16-2-6-20(7-3-16)31-22-9-5-19-14-17(4-8-21(19)23(22)24(26)27)15-28-12-10-18(11-13-28)25(29)30;1-12-2-6-15(7-3-12)23-17-9-5-14-10-13(11-22)4-8-16(14)18(17)19(20)21;1-11-2-6-14(7-3-11)22-16-9-4-12-10-13(19)5-8-15(12)17(16)18(20)21;1-12-2-6-15(7-3-12)21-18-9-4-13-10-14(19)5-8-16(13)17(18)11-20;1-12-2-7-16(8-3-12)19-17-9-5-13-10-15(18)6-4-14(13)11-17/h4-5,8-9,14,16,18,20,24H,2-3,6-7,10-13,15H2,1H3,(H,29,30);4-5,8-12,15,19H,2-3,6-7H2,1H3;4-5,8-11,14,18H,2-3,6-7H2,1H3;4-5,8-12,15H,2-3,6-7H2,1H3;4-6,9-12,16H,2-3,7-8H2,1H3. The Labute approximate surface area is 703 Å². The molecule has 0 bridgehead atoms. The molecule has 0 radical (unpaired) electrons. The fraction of sp³-hybridized carbons (Fsp3) is 0.454. The number of halogens is 9. The Morgan fingerprint density at radius 1 is 0.371 bits per heavy atom. The second-order valence-corrected chi connectivity index (χ2v) is 36.1. The van der Waals surface area contributed by atoms with Gasteiger partial charge in [0.25, 0.3) is 19.3 Å². The van der Waals surface area contributed by atoms with Crippen molar-refractivity contribution in [1.82, 2.24) is 4.90 Å². The number of nitrogens with zero attached hydrogens (tertiary/aromatic N) is 1. The fourth-order valence-corrected chi connectivity index (χ4v) is 18.4. The van der Waals surface area contributed by atoms with E-state index in [9.17, 15) is 40.7 Å². The Hall–Kier alpha value is -7.71. The van der Waals surface area contributed by atoms with Crippen LogP contribution in [0.3, 0.4) is 0 Å². The number of rotatable bonds is 18. The largest absolute Gasteiger partial charge is 0.490 e. The van der Waals surface area contributed by atoms with Gasteiger partial charge in [0.15, 0.2) is 6.29 Å². The summed E-state index contributed by atoms with van der Waals surface area (Å²) in [7, 11) is 0. The van der Waals surface area contributed by atoms with E-state index in [4.69, 9.17) is 28.8 Å². The van der Waals surface area contributed by atoms with E-state index < -0.39 is 25.2 Å². The van der Waals surface area contributed by atoms with E-state index >= 15 is 0 Å². The molecule has 0 unspecified atom stereocenters. The van der Waals surface area contributed by atoms with E-state index in [0.717, 1.165) is 179 Å². The number of aliphatic carboxylic acids is 1. The number of piperidine rings is 1. The Bertz CT molecular complexity index is 4940. The number of carboxylic acid groups (broad SMARTS) is 1. The van der Waals surface area contributed by atoms with Crippen LogP contribution in [0.5, 0.6) is 28.7 Å². The van der Waals surface area contributed by atoms with Crippen molar-refractivity contribution in [1.29, 1.82) is 0 Å². The number of aldehydes is 2. The molecule has 618 valence electrons. The lowest BCUT2D eigenvalue weighted by Crippen LogP contribution is -2.35. The van der Waals surface area contributed by atoms with Crippen LogP contribution in [0.15, 0.2) is 171 Å². The van der Waals surface area contributed by atoms with Gasteiger partial charge in [-0.15, -0.1) is 0 Å². The minimum atomic E-state index is -2.61. The van der Waals surface area contributed by atoms with E-state index in [-0.39, 0.29) is 52.8 Å². The van der Waals surface area contributed by atoms with Gasteiger partial charge in [-0.2, -0.15) is 0 Å². The lowest BCUT2D eigenvalue weighted by molar-refractivity contribution is -0.143. The number of carbonyl (C=O) groups is 3. The van der Waals surface area contributed by atoms with Gasteiger partial charge in [-0.3, -0.25) is 19.3 Å². The molecular formula is C97H108Br3F6NO9.